The smallest absolute Gasteiger partial charge is 0.192 e. The van der Waals surface area contributed by atoms with Crippen LogP contribution in [0.3, 0.4) is 0 Å². The third-order valence-corrected chi connectivity index (χ3v) is 5.06. The molecule has 0 fully saturated rings. The van der Waals surface area contributed by atoms with Crippen molar-refractivity contribution in [1.82, 2.24) is 25.4 Å². The van der Waals surface area contributed by atoms with E-state index in [0.29, 0.717) is 25.6 Å². The number of benzene rings is 2. The van der Waals surface area contributed by atoms with Crippen molar-refractivity contribution in [1.29, 1.82) is 0 Å². The number of guanidine groups is 1. The Labute approximate surface area is 183 Å². The van der Waals surface area contributed by atoms with Gasteiger partial charge in [-0.2, -0.15) is 0 Å². The summed E-state index contributed by atoms with van der Waals surface area (Å²) in [5.41, 5.74) is 3.30. The van der Waals surface area contributed by atoms with E-state index >= 15 is 0 Å². The minimum atomic E-state index is 0.511. The van der Waals surface area contributed by atoms with Gasteiger partial charge in [0.05, 0.1) is 27.3 Å². The average Bonchev–Trinajstić information content (AvgIpc) is 3.11. The average molecular weight is 423 g/mol. The lowest BCUT2D eigenvalue weighted by Crippen LogP contribution is -2.37. The molecule has 0 spiro atoms. The highest BCUT2D eigenvalue weighted by Gasteiger charge is 2.08. The van der Waals surface area contributed by atoms with Gasteiger partial charge in [0.25, 0.3) is 0 Å². The van der Waals surface area contributed by atoms with Crippen molar-refractivity contribution in [3.8, 4) is 11.5 Å². The zero-order valence-corrected chi connectivity index (χ0v) is 18.8. The van der Waals surface area contributed by atoms with Gasteiger partial charge in [-0.1, -0.05) is 24.3 Å². The topological polar surface area (TPSA) is 85.6 Å². The van der Waals surface area contributed by atoms with Gasteiger partial charge in [-0.25, -0.2) is 4.99 Å². The Kier molecular flexibility index (Phi) is 7.48. The molecule has 0 aliphatic rings. The Morgan fingerprint density at radius 2 is 1.71 bits per heavy atom. The molecular formula is C23H30N6O2. The quantitative estimate of drug-likeness (QED) is 0.429. The molecule has 0 aliphatic carbocycles. The maximum Gasteiger partial charge on any atom is 0.192 e. The Morgan fingerprint density at radius 3 is 2.35 bits per heavy atom. The molecule has 3 rings (SSSR count). The fraction of sp³-hybridized carbons (Fsp3) is 0.348. The van der Waals surface area contributed by atoms with Gasteiger partial charge in [-0.15, -0.1) is 10.2 Å². The molecule has 0 aliphatic heterocycles. The van der Waals surface area contributed by atoms with E-state index in [9.17, 15) is 0 Å². The number of hydrogen-bond acceptors (Lipinski definition) is 5. The van der Waals surface area contributed by atoms with Crippen LogP contribution >= 0.6 is 0 Å². The van der Waals surface area contributed by atoms with Crippen LogP contribution in [0.5, 0.6) is 11.5 Å². The van der Waals surface area contributed by atoms with Crippen LogP contribution in [-0.4, -0.2) is 34.9 Å². The van der Waals surface area contributed by atoms with Crippen LogP contribution in [0.1, 0.15) is 28.3 Å². The van der Waals surface area contributed by atoms with Gasteiger partial charge < -0.3 is 24.7 Å². The summed E-state index contributed by atoms with van der Waals surface area (Å²) in [5, 5.41) is 15.1. The van der Waals surface area contributed by atoms with Gasteiger partial charge in [0, 0.05) is 19.2 Å². The first kappa shape index (κ1) is 22.1. The largest absolute Gasteiger partial charge is 0.497 e. The Morgan fingerprint density at radius 1 is 0.968 bits per heavy atom. The van der Waals surface area contributed by atoms with Crippen LogP contribution in [0.15, 0.2) is 47.5 Å². The molecular weight excluding hydrogens is 392 g/mol. The van der Waals surface area contributed by atoms with Crippen molar-refractivity contribution in [3.05, 3.63) is 70.8 Å². The number of ether oxygens (including phenoxy) is 2. The zero-order chi connectivity index (χ0) is 22.2. The second-order valence-corrected chi connectivity index (χ2v) is 7.26. The molecule has 0 atom stereocenters. The first-order valence-electron chi connectivity index (χ1n) is 10.1. The number of rotatable bonds is 8. The predicted molar refractivity (Wildman–Crippen MR) is 121 cm³/mol. The van der Waals surface area contributed by atoms with E-state index in [-0.39, 0.29) is 0 Å². The molecule has 8 heteroatoms. The lowest BCUT2D eigenvalue weighted by atomic mass is 10.1. The molecule has 0 bridgehead atoms. The molecule has 2 aromatic carbocycles. The molecule has 0 saturated heterocycles. The van der Waals surface area contributed by atoms with E-state index in [0.717, 1.165) is 39.8 Å². The second kappa shape index (κ2) is 10.5. The van der Waals surface area contributed by atoms with Crippen molar-refractivity contribution in [2.75, 3.05) is 14.2 Å². The summed E-state index contributed by atoms with van der Waals surface area (Å²) in [7, 11) is 5.30. The molecule has 0 saturated carbocycles. The summed E-state index contributed by atoms with van der Waals surface area (Å²) < 4.78 is 12.7. The van der Waals surface area contributed by atoms with Crippen molar-refractivity contribution in [2.45, 2.75) is 33.5 Å². The van der Waals surface area contributed by atoms with Crippen LogP contribution < -0.4 is 20.1 Å². The van der Waals surface area contributed by atoms with E-state index < -0.39 is 0 Å². The number of aliphatic imine (C=N–C) groups is 1. The standard InChI is InChI=1S/C23H30N6O2/c1-16-6-9-19(21(12-16)31-5)14-25-23(26-15-22-28-27-17(2)29(22)3)24-13-18-7-10-20(30-4)11-8-18/h6-12H,13-15H2,1-5H3,(H2,24,25,26). The SMILES string of the molecule is COc1ccc(CN=C(NCc2ccc(C)cc2OC)NCc2nnc(C)n2C)cc1. The van der Waals surface area contributed by atoms with E-state index in [2.05, 4.69) is 33.0 Å². The third-order valence-electron chi connectivity index (χ3n) is 5.06. The molecule has 0 radical (unpaired) electrons. The van der Waals surface area contributed by atoms with Crippen molar-refractivity contribution >= 4 is 5.96 Å². The minimum Gasteiger partial charge on any atom is -0.497 e. The monoisotopic (exact) mass is 422 g/mol. The van der Waals surface area contributed by atoms with Crippen molar-refractivity contribution in [2.24, 2.45) is 12.0 Å². The number of hydrogen-bond donors (Lipinski definition) is 2. The molecule has 1 heterocycles. The summed E-state index contributed by atoms with van der Waals surface area (Å²) >= 11 is 0. The summed E-state index contributed by atoms with van der Waals surface area (Å²) in [6, 6.07) is 14.1. The molecule has 8 nitrogen and oxygen atoms in total. The molecule has 3 aromatic rings. The van der Waals surface area contributed by atoms with Gasteiger partial charge in [0.2, 0.25) is 0 Å². The highest BCUT2D eigenvalue weighted by Crippen LogP contribution is 2.19. The van der Waals surface area contributed by atoms with Crippen LogP contribution in [0, 0.1) is 13.8 Å². The lowest BCUT2D eigenvalue weighted by Gasteiger charge is -2.15. The highest BCUT2D eigenvalue weighted by molar-refractivity contribution is 5.79. The Balaban J connectivity index is 1.73. The first-order valence-corrected chi connectivity index (χ1v) is 10.1. The molecule has 31 heavy (non-hydrogen) atoms. The van der Waals surface area contributed by atoms with Crippen molar-refractivity contribution in [3.63, 3.8) is 0 Å². The minimum absolute atomic E-state index is 0.511. The Bertz CT molecular complexity index is 1030. The van der Waals surface area contributed by atoms with Crippen LogP contribution in [-0.2, 0) is 26.7 Å². The Hall–Kier alpha value is -3.55. The highest BCUT2D eigenvalue weighted by atomic mass is 16.5. The summed E-state index contributed by atoms with van der Waals surface area (Å²) in [6.07, 6.45) is 0. The zero-order valence-electron chi connectivity index (χ0n) is 18.8. The molecule has 2 N–H and O–H groups in total. The van der Waals surface area contributed by atoms with Gasteiger partial charge in [0.15, 0.2) is 11.8 Å². The lowest BCUT2D eigenvalue weighted by molar-refractivity contribution is 0.408. The van der Waals surface area contributed by atoms with E-state index in [1.54, 1.807) is 14.2 Å². The molecule has 0 unspecified atom stereocenters. The first-order chi connectivity index (χ1) is 15.0. The maximum absolute atomic E-state index is 5.52. The van der Waals surface area contributed by atoms with E-state index in [4.69, 9.17) is 14.5 Å². The third kappa shape index (κ3) is 5.97. The number of aryl methyl sites for hydroxylation is 2. The number of aromatic nitrogens is 3. The van der Waals surface area contributed by atoms with E-state index in [1.807, 2.05) is 55.8 Å². The second-order valence-electron chi connectivity index (χ2n) is 7.26. The normalized spacial score (nSPS) is 11.3. The number of nitrogens with zero attached hydrogens (tertiary/aromatic N) is 4. The summed E-state index contributed by atoms with van der Waals surface area (Å²) in [4.78, 5) is 4.74. The molecule has 164 valence electrons. The van der Waals surface area contributed by atoms with Crippen LogP contribution in [0.2, 0.25) is 0 Å². The maximum atomic E-state index is 5.52. The number of nitrogens with one attached hydrogen (secondary N) is 2. The van der Waals surface area contributed by atoms with Gasteiger partial charge in [0.1, 0.15) is 17.3 Å². The fourth-order valence-corrected chi connectivity index (χ4v) is 3.02. The van der Waals surface area contributed by atoms with Crippen LogP contribution in [0.25, 0.3) is 0 Å². The fourth-order valence-electron chi connectivity index (χ4n) is 3.02. The number of methoxy groups -OCH3 is 2. The van der Waals surface area contributed by atoms with Gasteiger partial charge in [-0.3, -0.25) is 0 Å². The summed E-state index contributed by atoms with van der Waals surface area (Å²) in [5.74, 6) is 4.06. The van der Waals surface area contributed by atoms with Crippen molar-refractivity contribution < 1.29 is 9.47 Å². The van der Waals surface area contributed by atoms with Gasteiger partial charge in [-0.05, 0) is 43.2 Å². The van der Waals surface area contributed by atoms with E-state index in [1.165, 1.54) is 0 Å². The molecule has 1 aromatic heterocycles. The van der Waals surface area contributed by atoms with Crippen LogP contribution in [0.4, 0.5) is 0 Å². The van der Waals surface area contributed by atoms with Gasteiger partial charge >= 0.3 is 0 Å². The molecule has 0 amide bonds. The summed E-state index contributed by atoms with van der Waals surface area (Å²) in [6.45, 7) is 5.60. The predicted octanol–water partition coefficient (Wildman–Crippen LogP) is 2.88.